The maximum Gasteiger partial charge on any atom is 0.133 e. The summed E-state index contributed by atoms with van der Waals surface area (Å²) >= 11 is 0. The Morgan fingerprint density at radius 2 is 2.06 bits per heavy atom. The lowest BCUT2D eigenvalue weighted by molar-refractivity contribution is 0.316. The molecule has 2 aliphatic heterocycles. The zero-order valence-corrected chi connectivity index (χ0v) is 9.97. The van der Waals surface area contributed by atoms with E-state index < -0.39 is 0 Å². The first-order chi connectivity index (χ1) is 8.31. The molecular formula is C13H19N3O. The Hall–Kier alpha value is -1.13. The van der Waals surface area contributed by atoms with Crippen LogP contribution in [0.4, 0.5) is 0 Å². The van der Waals surface area contributed by atoms with E-state index in [1.807, 2.05) is 6.07 Å². The lowest BCUT2D eigenvalue weighted by Gasteiger charge is -2.16. The standard InChI is InChI=1S/C13H19N3O/c17-13-2-1-12(15-7-13)3-4-16-8-10-5-14-6-11(10)9-16/h1-2,7,10-11,14,17H,3-6,8-9H2. The molecule has 4 heteroatoms. The Balaban J connectivity index is 1.50. The lowest BCUT2D eigenvalue weighted by Crippen LogP contribution is -2.27. The van der Waals surface area contributed by atoms with Crippen molar-refractivity contribution in [3.05, 3.63) is 24.0 Å². The van der Waals surface area contributed by atoms with Crippen LogP contribution in [0.5, 0.6) is 5.75 Å². The highest BCUT2D eigenvalue weighted by Crippen LogP contribution is 2.26. The van der Waals surface area contributed by atoms with E-state index in [1.54, 1.807) is 6.07 Å². The van der Waals surface area contributed by atoms with Crippen molar-refractivity contribution < 1.29 is 5.11 Å². The minimum Gasteiger partial charge on any atom is -0.506 e. The van der Waals surface area contributed by atoms with Crippen LogP contribution in [0.2, 0.25) is 0 Å². The van der Waals surface area contributed by atoms with Crippen LogP contribution in [0.25, 0.3) is 0 Å². The predicted octanol–water partition coefficient (Wildman–Crippen LogP) is 0.481. The topological polar surface area (TPSA) is 48.4 Å². The van der Waals surface area contributed by atoms with Crippen LogP contribution >= 0.6 is 0 Å². The van der Waals surface area contributed by atoms with Gasteiger partial charge in [-0.05, 0) is 37.1 Å². The number of fused-ring (bicyclic) bond motifs is 1. The molecule has 2 saturated heterocycles. The number of aromatic hydroxyl groups is 1. The van der Waals surface area contributed by atoms with Crippen LogP contribution in [0.3, 0.4) is 0 Å². The normalized spacial score (nSPS) is 28.5. The molecule has 4 nitrogen and oxygen atoms in total. The maximum absolute atomic E-state index is 9.17. The zero-order chi connectivity index (χ0) is 11.7. The number of nitrogens with zero attached hydrogens (tertiary/aromatic N) is 2. The van der Waals surface area contributed by atoms with Crippen molar-refractivity contribution >= 4 is 0 Å². The number of hydrogen-bond donors (Lipinski definition) is 2. The number of likely N-dealkylation sites (tertiary alicyclic amines) is 1. The summed E-state index contributed by atoms with van der Waals surface area (Å²) < 4.78 is 0. The number of aromatic nitrogens is 1. The molecule has 2 fully saturated rings. The fourth-order valence-electron chi connectivity index (χ4n) is 2.97. The van der Waals surface area contributed by atoms with Crippen LogP contribution in [0, 0.1) is 11.8 Å². The number of hydrogen-bond acceptors (Lipinski definition) is 4. The van der Waals surface area contributed by atoms with E-state index in [1.165, 1.54) is 32.4 Å². The number of pyridine rings is 1. The van der Waals surface area contributed by atoms with E-state index in [2.05, 4.69) is 15.2 Å². The van der Waals surface area contributed by atoms with E-state index in [-0.39, 0.29) is 5.75 Å². The maximum atomic E-state index is 9.17. The van der Waals surface area contributed by atoms with E-state index in [0.717, 1.165) is 30.5 Å². The molecule has 92 valence electrons. The molecule has 0 radical (unpaired) electrons. The molecule has 0 aromatic carbocycles. The third kappa shape index (κ3) is 2.42. The van der Waals surface area contributed by atoms with Crippen molar-refractivity contribution in [3.8, 4) is 5.75 Å². The summed E-state index contributed by atoms with van der Waals surface area (Å²) in [5.41, 5.74) is 1.07. The molecule has 0 amide bonds. The van der Waals surface area contributed by atoms with Crippen molar-refractivity contribution in [1.82, 2.24) is 15.2 Å². The molecule has 1 aromatic heterocycles. The molecule has 0 aliphatic carbocycles. The fourth-order valence-corrected chi connectivity index (χ4v) is 2.97. The van der Waals surface area contributed by atoms with Gasteiger partial charge in [0.25, 0.3) is 0 Å². The molecule has 0 spiro atoms. The number of nitrogens with one attached hydrogen (secondary N) is 1. The Kier molecular flexibility index (Phi) is 2.99. The van der Waals surface area contributed by atoms with Crippen LogP contribution in [0.1, 0.15) is 5.69 Å². The summed E-state index contributed by atoms with van der Waals surface area (Å²) in [7, 11) is 0. The third-order valence-corrected chi connectivity index (χ3v) is 3.96. The average Bonchev–Trinajstić information content (AvgIpc) is 2.88. The smallest absolute Gasteiger partial charge is 0.133 e. The van der Waals surface area contributed by atoms with Crippen molar-refractivity contribution in [2.75, 3.05) is 32.7 Å². The van der Waals surface area contributed by atoms with E-state index in [0.29, 0.717) is 0 Å². The monoisotopic (exact) mass is 233 g/mol. The van der Waals surface area contributed by atoms with Crippen LogP contribution in [-0.2, 0) is 6.42 Å². The molecule has 0 saturated carbocycles. The molecule has 2 N–H and O–H groups in total. The van der Waals surface area contributed by atoms with Gasteiger partial charge in [0.15, 0.2) is 0 Å². The summed E-state index contributed by atoms with van der Waals surface area (Å²) in [6.45, 7) is 5.94. The minimum absolute atomic E-state index is 0.246. The Bertz CT molecular complexity index is 367. The summed E-state index contributed by atoms with van der Waals surface area (Å²) in [4.78, 5) is 6.77. The van der Waals surface area contributed by atoms with Crippen molar-refractivity contribution in [2.24, 2.45) is 11.8 Å². The summed E-state index contributed by atoms with van der Waals surface area (Å²) in [6.07, 6.45) is 2.51. The summed E-state index contributed by atoms with van der Waals surface area (Å²) in [6, 6.07) is 3.62. The highest BCUT2D eigenvalue weighted by atomic mass is 16.3. The van der Waals surface area contributed by atoms with Gasteiger partial charge >= 0.3 is 0 Å². The molecule has 1 aromatic rings. The first-order valence-corrected chi connectivity index (χ1v) is 6.38. The molecular weight excluding hydrogens is 214 g/mol. The predicted molar refractivity (Wildman–Crippen MR) is 65.9 cm³/mol. The number of rotatable bonds is 3. The lowest BCUT2D eigenvalue weighted by atomic mass is 10.0. The van der Waals surface area contributed by atoms with Gasteiger partial charge < -0.3 is 15.3 Å². The second kappa shape index (κ2) is 4.63. The largest absolute Gasteiger partial charge is 0.506 e. The molecule has 17 heavy (non-hydrogen) atoms. The van der Waals surface area contributed by atoms with Gasteiger partial charge in [0, 0.05) is 31.7 Å². The Labute approximate surface area is 102 Å². The second-order valence-corrected chi connectivity index (χ2v) is 5.20. The van der Waals surface area contributed by atoms with Gasteiger partial charge in [-0.1, -0.05) is 0 Å². The van der Waals surface area contributed by atoms with Crippen molar-refractivity contribution in [2.45, 2.75) is 6.42 Å². The summed E-state index contributed by atoms with van der Waals surface area (Å²) in [5.74, 6) is 1.97. The van der Waals surface area contributed by atoms with E-state index >= 15 is 0 Å². The fraction of sp³-hybridized carbons (Fsp3) is 0.615. The second-order valence-electron chi connectivity index (χ2n) is 5.20. The van der Waals surface area contributed by atoms with Gasteiger partial charge in [-0.2, -0.15) is 0 Å². The highest BCUT2D eigenvalue weighted by Gasteiger charge is 2.35. The van der Waals surface area contributed by atoms with Gasteiger partial charge in [0.1, 0.15) is 5.75 Å². The molecule has 3 rings (SSSR count). The van der Waals surface area contributed by atoms with Crippen molar-refractivity contribution in [1.29, 1.82) is 0 Å². The molecule has 2 atom stereocenters. The van der Waals surface area contributed by atoms with Gasteiger partial charge in [0.2, 0.25) is 0 Å². The van der Waals surface area contributed by atoms with Crippen LogP contribution < -0.4 is 5.32 Å². The van der Waals surface area contributed by atoms with E-state index in [4.69, 9.17) is 5.11 Å². The molecule has 0 bridgehead atoms. The Morgan fingerprint density at radius 1 is 1.29 bits per heavy atom. The quantitative estimate of drug-likeness (QED) is 0.797. The van der Waals surface area contributed by atoms with Gasteiger partial charge in [-0.25, -0.2) is 0 Å². The van der Waals surface area contributed by atoms with Gasteiger partial charge in [0.05, 0.1) is 6.20 Å². The molecule has 2 unspecified atom stereocenters. The minimum atomic E-state index is 0.246. The Morgan fingerprint density at radius 3 is 2.71 bits per heavy atom. The first kappa shape index (κ1) is 11.0. The molecule has 2 aliphatic rings. The average molecular weight is 233 g/mol. The zero-order valence-electron chi connectivity index (χ0n) is 9.97. The van der Waals surface area contributed by atoms with Crippen LogP contribution in [0.15, 0.2) is 18.3 Å². The van der Waals surface area contributed by atoms with Gasteiger partial charge in [-0.15, -0.1) is 0 Å². The SMILES string of the molecule is Oc1ccc(CCN2CC3CNCC3C2)nc1. The third-order valence-electron chi connectivity index (χ3n) is 3.96. The highest BCUT2D eigenvalue weighted by molar-refractivity contribution is 5.18. The van der Waals surface area contributed by atoms with Crippen molar-refractivity contribution in [3.63, 3.8) is 0 Å². The molecule has 3 heterocycles. The summed E-state index contributed by atoms with van der Waals surface area (Å²) in [5, 5.41) is 12.6. The first-order valence-electron chi connectivity index (χ1n) is 6.38. The van der Waals surface area contributed by atoms with Crippen LogP contribution in [-0.4, -0.2) is 47.7 Å². The van der Waals surface area contributed by atoms with E-state index in [9.17, 15) is 0 Å². The van der Waals surface area contributed by atoms with Gasteiger partial charge in [-0.3, -0.25) is 4.98 Å².